The van der Waals surface area contributed by atoms with Crippen molar-refractivity contribution >= 4 is 18.0 Å². The molecule has 0 radical (unpaired) electrons. The Bertz CT molecular complexity index is 467. The molecule has 0 saturated carbocycles. The van der Waals surface area contributed by atoms with Crippen molar-refractivity contribution in [2.24, 2.45) is 0 Å². The number of esters is 1. The summed E-state index contributed by atoms with van der Waals surface area (Å²) in [5.41, 5.74) is 0. The van der Waals surface area contributed by atoms with Crippen LogP contribution in [0.25, 0.3) is 0 Å². The second-order valence-electron chi connectivity index (χ2n) is 6.33. The average Bonchev–Trinajstić information content (AvgIpc) is 2.64. The summed E-state index contributed by atoms with van der Waals surface area (Å²) in [4.78, 5) is 39.1. The lowest BCUT2D eigenvalue weighted by molar-refractivity contribution is -0.154. The number of hydrogen-bond donors (Lipinski definition) is 0. The van der Waals surface area contributed by atoms with E-state index in [0.717, 1.165) is 25.7 Å². The van der Waals surface area contributed by atoms with Gasteiger partial charge in [0.05, 0.1) is 13.2 Å². The van der Waals surface area contributed by atoms with E-state index in [1.165, 1.54) is 23.9 Å². The Morgan fingerprint density at radius 3 is 2.19 bits per heavy atom. The second-order valence-corrected chi connectivity index (χ2v) is 6.33. The highest BCUT2D eigenvalue weighted by molar-refractivity contribution is 5.89. The van der Waals surface area contributed by atoms with Crippen molar-refractivity contribution in [2.45, 2.75) is 65.0 Å². The van der Waals surface area contributed by atoms with Crippen molar-refractivity contribution in [1.29, 1.82) is 0 Å². The third-order valence-electron chi connectivity index (χ3n) is 4.29. The van der Waals surface area contributed by atoms with Crippen molar-refractivity contribution in [3.63, 3.8) is 0 Å². The molecule has 0 fully saturated rings. The molecule has 0 heterocycles. The van der Waals surface area contributed by atoms with Crippen LogP contribution in [0.1, 0.15) is 52.9 Å². The van der Waals surface area contributed by atoms with E-state index >= 15 is 0 Å². The molecule has 2 unspecified atom stereocenters. The van der Waals surface area contributed by atoms with Gasteiger partial charge in [0.15, 0.2) is 0 Å². The SMILES string of the molecule is C=CCCOC(=O)N(C)C(C)C(=O)N(C)C(C)C(=O)OCCCCCC. The van der Waals surface area contributed by atoms with Crippen molar-refractivity contribution in [3.05, 3.63) is 12.7 Å². The number of carbonyl (C=O) groups is 3. The smallest absolute Gasteiger partial charge is 0.410 e. The van der Waals surface area contributed by atoms with Gasteiger partial charge in [-0.15, -0.1) is 6.58 Å². The molecule has 0 aliphatic heterocycles. The molecule has 0 spiro atoms. The molecule has 150 valence electrons. The quantitative estimate of drug-likeness (QED) is 0.300. The lowest BCUT2D eigenvalue weighted by Gasteiger charge is -2.30. The maximum atomic E-state index is 12.5. The third kappa shape index (κ3) is 8.36. The highest BCUT2D eigenvalue weighted by Gasteiger charge is 2.31. The van der Waals surface area contributed by atoms with Crippen LogP contribution in [0.15, 0.2) is 12.7 Å². The van der Waals surface area contributed by atoms with E-state index in [4.69, 9.17) is 9.47 Å². The molecule has 7 heteroatoms. The molecular weight excluding hydrogens is 336 g/mol. The zero-order chi connectivity index (χ0) is 20.1. The second kappa shape index (κ2) is 13.2. The van der Waals surface area contributed by atoms with Crippen LogP contribution < -0.4 is 0 Å². The Morgan fingerprint density at radius 1 is 0.962 bits per heavy atom. The monoisotopic (exact) mass is 370 g/mol. The van der Waals surface area contributed by atoms with Gasteiger partial charge in [-0.2, -0.15) is 0 Å². The Balaban J connectivity index is 4.49. The van der Waals surface area contributed by atoms with E-state index in [1.807, 2.05) is 0 Å². The van der Waals surface area contributed by atoms with Crippen molar-refractivity contribution in [2.75, 3.05) is 27.3 Å². The van der Waals surface area contributed by atoms with Crippen LogP contribution in [0.4, 0.5) is 4.79 Å². The predicted octanol–water partition coefficient (Wildman–Crippen LogP) is 2.99. The van der Waals surface area contributed by atoms with Crippen LogP contribution in [-0.4, -0.2) is 67.2 Å². The van der Waals surface area contributed by atoms with Crippen molar-refractivity contribution in [3.8, 4) is 0 Å². The van der Waals surface area contributed by atoms with Gasteiger partial charge in [-0.1, -0.05) is 32.3 Å². The van der Waals surface area contributed by atoms with Crippen LogP contribution in [-0.2, 0) is 19.1 Å². The van der Waals surface area contributed by atoms with E-state index in [2.05, 4.69) is 13.5 Å². The summed E-state index contributed by atoms with van der Waals surface area (Å²) in [6, 6.07) is -1.47. The third-order valence-corrected chi connectivity index (χ3v) is 4.29. The molecule has 2 amide bonds. The fourth-order valence-corrected chi connectivity index (χ4v) is 2.12. The van der Waals surface area contributed by atoms with Gasteiger partial charge < -0.3 is 14.4 Å². The summed E-state index contributed by atoms with van der Waals surface area (Å²) in [6.07, 6.45) is 5.66. The van der Waals surface area contributed by atoms with Crippen LogP contribution in [0.3, 0.4) is 0 Å². The van der Waals surface area contributed by atoms with E-state index in [1.54, 1.807) is 19.9 Å². The van der Waals surface area contributed by atoms with E-state index in [0.29, 0.717) is 13.0 Å². The molecule has 2 atom stereocenters. The minimum atomic E-state index is -0.754. The number of amides is 2. The van der Waals surface area contributed by atoms with Gasteiger partial charge in [0.1, 0.15) is 12.1 Å². The molecule has 7 nitrogen and oxygen atoms in total. The number of unbranched alkanes of at least 4 members (excludes halogenated alkanes) is 3. The molecule has 26 heavy (non-hydrogen) atoms. The van der Waals surface area contributed by atoms with E-state index < -0.39 is 24.1 Å². The Labute approximate surface area is 157 Å². The fraction of sp³-hybridized carbons (Fsp3) is 0.737. The van der Waals surface area contributed by atoms with Crippen LogP contribution in [0.5, 0.6) is 0 Å². The maximum absolute atomic E-state index is 12.5. The molecule has 0 rings (SSSR count). The van der Waals surface area contributed by atoms with Gasteiger partial charge in [-0.3, -0.25) is 9.69 Å². The van der Waals surface area contributed by atoms with Gasteiger partial charge in [0, 0.05) is 14.1 Å². The molecule has 0 N–H and O–H groups in total. The zero-order valence-electron chi connectivity index (χ0n) is 16.8. The highest BCUT2D eigenvalue weighted by Crippen LogP contribution is 2.08. The predicted molar refractivity (Wildman–Crippen MR) is 101 cm³/mol. The molecule has 0 aromatic carbocycles. The minimum Gasteiger partial charge on any atom is -0.464 e. The molecular formula is C19H34N2O5. The molecule has 0 aliphatic carbocycles. The van der Waals surface area contributed by atoms with Crippen LogP contribution >= 0.6 is 0 Å². The molecule has 0 aromatic rings. The summed E-state index contributed by atoms with van der Waals surface area (Å²) in [5.74, 6) is -0.802. The number of hydrogen-bond acceptors (Lipinski definition) is 5. The summed E-state index contributed by atoms with van der Waals surface area (Å²) < 4.78 is 10.3. The lowest BCUT2D eigenvalue weighted by Crippen LogP contribution is -2.51. The first-order chi connectivity index (χ1) is 12.3. The summed E-state index contributed by atoms with van der Waals surface area (Å²) >= 11 is 0. The number of rotatable bonds is 12. The Morgan fingerprint density at radius 2 is 1.62 bits per heavy atom. The lowest BCUT2D eigenvalue weighted by atomic mass is 10.2. The van der Waals surface area contributed by atoms with Crippen LogP contribution in [0.2, 0.25) is 0 Å². The standard InChI is InChI=1S/C19H34N2O5/c1-7-9-11-12-14-25-18(23)16(4)20(5)17(22)15(3)21(6)19(24)26-13-10-8-2/h8,15-16H,2,7,9-14H2,1,3-6H3. The molecule has 0 saturated heterocycles. The van der Waals surface area contributed by atoms with Gasteiger partial charge in [-0.05, 0) is 26.7 Å². The van der Waals surface area contributed by atoms with Gasteiger partial charge >= 0.3 is 12.1 Å². The molecule has 0 bridgehead atoms. The van der Waals surface area contributed by atoms with Gasteiger partial charge in [0.25, 0.3) is 0 Å². The first-order valence-electron chi connectivity index (χ1n) is 9.21. The largest absolute Gasteiger partial charge is 0.464 e. The topological polar surface area (TPSA) is 76.2 Å². The zero-order valence-corrected chi connectivity index (χ0v) is 16.8. The normalized spacial score (nSPS) is 12.7. The summed E-state index contributed by atoms with van der Waals surface area (Å²) in [5, 5.41) is 0. The Kier molecular flexibility index (Phi) is 12.2. The van der Waals surface area contributed by atoms with E-state index in [-0.39, 0.29) is 12.5 Å². The number of carbonyl (C=O) groups excluding carboxylic acids is 3. The maximum Gasteiger partial charge on any atom is 0.410 e. The number of ether oxygens (including phenoxy) is 2. The van der Waals surface area contributed by atoms with Crippen molar-refractivity contribution in [1.82, 2.24) is 9.80 Å². The van der Waals surface area contributed by atoms with Crippen LogP contribution in [0, 0.1) is 0 Å². The van der Waals surface area contributed by atoms with Crippen molar-refractivity contribution < 1.29 is 23.9 Å². The molecule has 0 aromatic heterocycles. The highest BCUT2D eigenvalue weighted by atomic mass is 16.6. The first kappa shape index (κ1) is 23.9. The summed E-state index contributed by atoms with van der Waals surface area (Å²) in [7, 11) is 3.02. The average molecular weight is 370 g/mol. The van der Waals surface area contributed by atoms with Gasteiger partial charge in [-0.25, -0.2) is 9.59 Å². The fourth-order valence-electron chi connectivity index (χ4n) is 2.12. The summed E-state index contributed by atoms with van der Waals surface area (Å²) in [6.45, 7) is 9.44. The minimum absolute atomic E-state index is 0.212. The Hall–Kier alpha value is -2.05. The number of nitrogens with zero attached hydrogens (tertiary/aromatic N) is 2. The number of likely N-dealkylation sites (N-methyl/N-ethyl adjacent to an activating group) is 2. The van der Waals surface area contributed by atoms with Gasteiger partial charge in [0.2, 0.25) is 5.91 Å². The first-order valence-corrected chi connectivity index (χ1v) is 9.21. The van der Waals surface area contributed by atoms with E-state index in [9.17, 15) is 14.4 Å². The molecule has 0 aliphatic rings.